The molecular formula is C11H12N2O2. The first-order valence-corrected chi connectivity index (χ1v) is 4.80. The van der Waals surface area contributed by atoms with Crippen LogP contribution in [0.15, 0.2) is 24.5 Å². The van der Waals surface area contributed by atoms with Crippen LogP contribution in [-0.2, 0) is 0 Å². The lowest BCUT2D eigenvalue weighted by molar-refractivity contribution is 0.0941. The number of nitrogens with zero attached hydrogens (tertiary/aromatic N) is 2. The van der Waals surface area contributed by atoms with Crippen LogP contribution in [0.4, 0.5) is 0 Å². The van der Waals surface area contributed by atoms with Gasteiger partial charge in [-0.15, -0.1) is 0 Å². The van der Waals surface area contributed by atoms with Gasteiger partial charge in [0.05, 0.1) is 23.5 Å². The van der Waals surface area contributed by atoms with Crippen LogP contribution in [0.5, 0.6) is 5.75 Å². The van der Waals surface area contributed by atoms with Gasteiger partial charge < -0.3 is 5.11 Å². The van der Waals surface area contributed by atoms with Gasteiger partial charge in [-0.1, -0.05) is 13.8 Å². The Hall–Kier alpha value is -1.84. The van der Waals surface area contributed by atoms with Crippen molar-refractivity contribution in [2.45, 2.75) is 13.8 Å². The summed E-state index contributed by atoms with van der Waals surface area (Å²) in [5.74, 6) is 0.150. The minimum atomic E-state index is -0.0493. The lowest BCUT2D eigenvalue weighted by Crippen LogP contribution is -2.06. The number of carbonyl (C=O) groups excluding carboxylic acids is 1. The molecule has 0 atom stereocenters. The third kappa shape index (κ3) is 1.58. The summed E-state index contributed by atoms with van der Waals surface area (Å²) < 4.78 is 1.50. The monoisotopic (exact) mass is 204 g/mol. The zero-order valence-corrected chi connectivity index (χ0v) is 8.64. The number of ketones is 1. The summed E-state index contributed by atoms with van der Waals surface area (Å²) in [6.45, 7) is 3.71. The van der Waals surface area contributed by atoms with E-state index in [2.05, 4.69) is 5.10 Å². The van der Waals surface area contributed by atoms with Crippen molar-refractivity contribution in [2.75, 3.05) is 0 Å². The fourth-order valence-corrected chi connectivity index (χ4v) is 1.47. The molecule has 0 unspecified atom stereocenters. The highest BCUT2D eigenvalue weighted by molar-refractivity contribution is 6.03. The van der Waals surface area contributed by atoms with Crippen LogP contribution in [0.3, 0.4) is 0 Å². The van der Waals surface area contributed by atoms with Crippen LogP contribution < -0.4 is 0 Å². The number of rotatable bonds is 2. The van der Waals surface area contributed by atoms with Gasteiger partial charge in [0.25, 0.3) is 0 Å². The van der Waals surface area contributed by atoms with E-state index >= 15 is 0 Å². The minimum Gasteiger partial charge on any atom is -0.506 e. The molecule has 0 aliphatic carbocycles. The Morgan fingerprint density at radius 3 is 2.87 bits per heavy atom. The van der Waals surface area contributed by atoms with E-state index in [1.807, 2.05) is 13.8 Å². The van der Waals surface area contributed by atoms with Crippen molar-refractivity contribution in [3.8, 4) is 5.75 Å². The maximum Gasteiger partial charge on any atom is 0.169 e. The van der Waals surface area contributed by atoms with Crippen molar-refractivity contribution in [1.29, 1.82) is 0 Å². The van der Waals surface area contributed by atoms with Crippen molar-refractivity contribution in [1.82, 2.24) is 9.61 Å². The van der Waals surface area contributed by atoms with Gasteiger partial charge in [-0.3, -0.25) is 4.79 Å². The van der Waals surface area contributed by atoms with Gasteiger partial charge in [-0.25, -0.2) is 4.52 Å². The van der Waals surface area contributed by atoms with Crippen LogP contribution >= 0.6 is 0 Å². The molecule has 0 aliphatic heterocycles. The molecule has 0 saturated heterocycles. The number of carbonyl (C=O) groups is 1. The average molecular weight is 204 g/mol. The van der Waals surface area contributed by atoms with Gasteiger partial charge in [-0.2, -0.15) is 5.10 Å². The lowest BCUT2D eigenvalue weighted by Gasteiger charge is -2.01. The molecule has 0 bridgehead atoms. The Morgan fingerprint density at radius 2 is 2.20 bits per heavy atom. The number of Topliss-reactive ketones (excluding diaryl/α,β-unsaturated/α-hetero) is 1. The molecule has 0 radical (unpaired) electrons. The highest BCUT2D eigenvalue weighted by Crippen LogP contribution is 2.17. The summed E-state index contributed by atoms with van der Waals surface area (Å²) >= 11 is 0. The van der Waals surface area contributed by atoms with E-state index in [9.17, 15) is 9.90 Å². The molecule has 0 amide bonds. The summed E-state index contributed by atoms with van der Waals surface area (Å²) in [7, 11) is 0. The number of aromatic hydroxyl groups is 1. The van der Waals surface area contributed by atoms with E-state index in [1.54, 1.807) is 12.1 Å². The van der Waals surface area contributed by atoms with E-state index in [4.69, 9.17) is 0 Å². The van der Waals surface area contributed by atoms with E-state index in [-0.39, 0.29) is 17.5 Å². The number of hydrogen-bond donors (Lipinski definition) is 1. The Morgan fingerprint density at radius 1 is 1.47 bits per heavy atom. The Labute approximate surface area is 87.2 Å². The quantitative estimate of drug-likeness (QED) is 0.760. The molecular weight excluding hydrogens is 192 g/mol. The second-order valence-corrected chi connectivity index (χ2v) is 3.79. The van der Waals surface area contributed by atoms with Gasteiger partial charge >= 0.3 is 0 Å². The highest BCUT2D eigenvalue weighted by atomic mass is 16.3. The van der Waals surface area contributed by atoms with E-state index < -0.39 is 0 Å². The number of aromatic nitrogens is 2. The molecule has 0 aliphatic rings. The average Bonchev–Trinajstić information content (AvgIpc) is 2.59. The molecule has 2 aromatic rings. The van der Waals surface area contributed by atoms with E-state index in [0.29, 0.717) is 5.56 Å². The SMILES string of the molecule is CC(C)C(=O)c1cnn2cc(O)ccc12. The van der Waals surface area contributed by atoms with E-state index in [0.717, 1.165) is 5.52 Å². The molecule has 4 nitrogen and oxygen atoms in total. The fourth-order valence-electron chi connectivity index (χ4n) is 1.47. The first-order chi connectivity index (χ1) is 7.09. The van der Waals surface area contributed by atoms with Crippen LogP contribution in [0, 0.1) is 5.92 Å². The zero-order valence-electron chi connectivity index (χ0n) is 8.64. The molecule has 0 aromatic carbocycles. The van der Waals surface area contributed by atoms with Crippen molar-refractivity contribution in [3.05, 3.63) is 30.1 Å². The summed E-state index contributed by atoms with van der Waals surface area (Å²) in [5, 5.41) is 13.3. The van der Waals surface area contributed by atoms with Crippen LogP contribution in [0.25, 0.3) is 5.52 Å². The predicted octanol–water partition coefficient (Wildman–Crippen LogP) is 1.88. The predicted molar refractivity (Wildman–Crippen MR) is 56.0 cm³/mol. The minimum absolute atomic E-state index is 0.0493. The first-order valence-electron chi connectivity index (χ1n) is 4.80. The highest BCUT2D eigenvalue weighted by Gasteiger charge is 2.15. The summed E-state index contributed by atoms with van der Waals surface area (Å²) in [4.78, 5) is 11.8. The molecule has 78 valence electrons. The maximum absolute atomic E-state index is 11.8. The second-order valence-electron chi connectivity index (χ2n) is 3.79. The third-order valence-corrected chi connectivity index (χ3v) is 2.29. The molecule has 1 N–H and O–H groups in total. The number of hydrogen-bond acceptors (Lipinski definition) is 3. The molecule has 15 heavy (non-hydrogen) atoms. The molecule has 2 rings (SSSR count). The van der Waals surface area contributed by atoms with Crippen LogP contribution in [-0.4, -0.2) is 20.5 Å². The van der Waals surface area contributed by atoms with Gasteiger partial charge in [0.1, 0.15) is 5.75 Å². The van der Waals surface area contributed by atoms with Crippen molar-refractivity contribution >= 4 is 11.3 Å². The van der Waals surface area contributed by atoms with Gasteiger partial charge in [-0.05, 0) is 12.1 Å². The fraction of sp³-hybridized carbons (Fsp3) is 0.273. The van der Waals surface area contributed by atoms with Gasteiger partial charge in [0.15, 0.2) is 5.78 Å². The topological polar surface area (TPSA) is 54.6 Å². The van der Waals surface area contributed by atoms with Crippen molar-refractivity contribution in [3.63, 3.8) is 0 Å². The molecule has 2 aromatic heterocycles. The molecule has 2 heterocycles. The summed E-state index contributed by atoms with van der Waals surface area (Å²) in [5.41, 5.74) is 1.33. The van der Waals surface area contributed by atoms with Gasteiger partial charge in [0, 0.05) is 5.92 Å². The largest absolute Gasteiger partial charge is 0.506 e. The van der Waals surface area contributed by atoms with Crippen molar-refractivity contribution in [2.24, 2.45) is 5.92 Å². The molecule has 0 spiro atoms. The van der Waals surface area contributed by atoms with Crippen LogP contribution in [0.1, 0.15) is 24.2 Å². The number of fused-ring (bicyclic) bond motifs is 1. The Bertz CT molecular complexity index is 514. The second kappa shape index (κ2) is 3.38. The number of pyridine rings is 1. The molecule has 4 heteroatoms. The van der Waals surface area contributed by atoms with Crippen molar-refractivity contribution < 1.29 is 9.90 Å². The maximum atomic E-state index is 11.8. The Balaban J connectivity index is 2.59. The molecule has 0 fully saturated rings. The third-order valence-electron chi connectivity index (χ3n) is 2.29. The summed E-state index contributed by atoms with van der Waals surface area (Å²) in [6, 6.07) is 3.24. The van der Waals surface area contributed by atoms with E-state index in [1.165, 1.54) is 16.9 Å². The van der Waals surface area contributed by atoms with Gasteiger partial charge in [0.2, 0.25) is 0 Å². The normalized spacial score (nSPS) is 11.1. The summed E-state index contributed by atoms with van der Waals surface area (Å²) in [6.07, 6.45) is 3.02. The standard InChI is InChI=1S/C11H12N2O2/c1-7(2)11(15)9-5-12-13-6-8(14)3-4-10(9)13/h3-7,14H,1-2H3. The van der Waals surface area contributed by atoms with Crippen LogP contribution in [0.2, 0.25) is 0 Å². The lowest BCUT2D eigenvalue weighted by atomic mass is 10.0. The smallest absolute Gasteiger partial charge is 0.169 e. The first kappa shape index (κ1) is 9.71. The Kier molecular flexibility index (Phi) is 2.19. The zero-order chi connectivity index (χ0) is 11.0. The molecule has 0 saturated carbocycles.